The zero-order chi connectivity index (χ0) is 17.0. The SMILES string of the molecule is CN(CC1CCCCC1O)C(=O)C(C)(C)c1cccc(C#N)c1. The highest BCUT2D eigenvalue weighted by Crippen LogP contribution is 2.29. The Hall–Kier alpha value is -1.86. The molecule has 0 heterocycles. The first-order valence-electron chi connectivity index (χ1n) is 8.30. The van der Waals surface area contributed by atoms with Crippen LogP contribution in [-0.2, 0) is 10.2 Å². The molecule has 0 saturated heterocycles. The Morgan fingerprint density at radius 3 is 2.74 bits per heavy atom. The van der Waals surface area contributed by atoms with Crippen molar-refractivity contribution in [2.75, 3.05) is 13.6 Å². The summed E-state index contributed by atoms with van der Waals surface area (Å²) in [5.74, 6) is 0.185. The number of amides is 1. The van der Waals surface area contributed by atoms with Crippen molar-refractivity contribution in [3.63, 3.8) is 0 Å². The van der Waals surface area contributed by atoms with Gasteiger partial charge in [0.25, 0.3) is 0 Å². The molecular formula is C19H26N2O2. The fourth-order valence-electron chi connectivity index (χ4n) is 3.41. The van der Waals surface area contributed by atoms with Crippen molar-refractivity contribution in [3.8, 4) is 6.07 Å². The van der Waals surface area contributed by atoms with Crippen molar-refractivity contribution in [3.05, 3.63) is 35.4 Å². The van der Waals surface area contributed by atoms with Gasteiger partial charge in [0, 0.05) is 19.5 Å². The number of nitriles is 1. The van der Waals surface area contributed by atoms with E-state index < -0.39 is 5.41 Å². The van der Waals surface area contributed by atoms with Gasteiger partial charge in [0.2, 0.25) is 5.91 Å². The number of hydrogen-bond donors (Lipinski definition) is 1. The number of likely N-dealkylation sites (N-methyl/N-ethyl adjacent to an activating group) is 1. The van der Waals surface area contributed by atoms with Gasteiger partial charge < -0.3 is 10.0 Å². The molecule has 23 heavy (non-hydrogen) atoms. The Morgan fingerprint density at radius 2 is 2.09 bits per heavy atom. The largest absolute Gasteiger partial charge is 0.393 e. The van der Waals surface area contributed by atoms with E-state index in [1.54, 1.807) is 24.1 Å². The van der Waals surface area contributed by atoms with Gasteiger partial charge in [-0.2, -0.15) is 5.26 Å². The molecule has 1 aromatic carbocycles. The van der Waals surface area contributed by atoms with Crippen LogP contribution >= 0.6 is 0 Å². The molecule has 1 aliphatic rings. The average molecular weight is 314 g/mol. The van der Waals surface area contributed by atoms with Gasteiger partial charge in [0.15, 0.2) is 0 Å². The van der Waals surface area contributed by atoms with Gasteiger partial charge in [0.05, 0.1) is 23.2 Å². The van der Waals surface area contributed by atoms with Crippen LogP contribution in [0.2, 0.25) is 0 Å². The van der Waals surface area contributed by atoms with E-state index in [-0.39, 0.29) is 17.9 Å². The molecule has 0 aliphatic heterocycles. The Morgan fingerprint density at radius 1 is 1.39 bits per heavy atom. The van der Waals surface area contributed by atoms with E-state index in [1.165, 1.54) is 0 Å². The van der Waals surface area contributed by atoms with Crippen molar-refractivity contribution < 1.29 is 9.90 Å². The van der Waals surface area contributed by atoms with Crippen LogP contribution < -0.4 is 0 Å². The lowest BCUT2D eigenvalue weighted by atomic mass is 9.81. The van der Waals surface area contributed by atoms with E-state index in [0.29, 0.717) is 12.1 Å². The van der Waals surface area contributed by atoms with E-state index in [1.807, 2.05) is 26.0 Å². The second kappa shape index (κ2) is 7.14. The van der Waals surface area contributed by atoms with Gasteiger partial charge >= 0.3 is 0 Å². The third-order valence-electron chi connectivity index (χ3n) is 4.97. The van der Waals surface area contributed by atoms with Crippen molar-refractivity contribution in [2.45, 2.75) is 51.0 Å². The van der Waals surface area contributed by atoms with Gasteiger partial charge in [-0.15, -0.1) is 0 Å². The molecular weight excluding hydrogens is 288 g/mol. The Labute approximate surface area is 138 Å². The number of benzene rings is 1. The maximum absolute atomic E-state index is 12.9. The van der Waals surface area contributed by atoms with Crippen molar-refractivity contribution in [1.82, 2.24) is 4.90 Å². The standard InChI is InChI=1S/C19H26N2O2/c1-19(2,16-9-6-7-14(11-16)12-20)18(23)21(3)13-15-8-4-5-10-17(15)22/h6-7,9,11,15,17,22H,4-5,8,10,13H2,1-3H3. The summed E-state index contributed by atoms with van der Waals surface area (Å²) in [4.78, 5) is 14.6. The van der Waals surface area contributed by atoms with Crippen LogP contribution in [-0.4, -0.2) is 35.6 Å². The zero-order valence-electron chi connectivity index (χ0n) is 14.2. The quantitative estimate of drug-likeness (QED) is 0.929. The zero-order valence-corrected chi connectivity index (χ0v) is 14.2. The Balaban J connectivity index is 2.11. The molecule has 4 heteroatoms. The highest BCUT2D eigenvalue weighted by molar-refractivity contribution is 5.87. The van der Waals surface area contributed by atoms with E-state index >= 15 is 0 Å². The fourth-order valence-corrected chi connectivity index (χ4v) is 3.41. The third-order valence-corrected chi connectivity index (χ3v) is 4.97. The minimum atomic E-state index is -0.693. The normalized spacial score (nSPS) is 21.5. The Bertz CT molecular complexity index is 604. The van der Waals surface area contributed by atoms with Crippen LogP contribution in [0.25, 0.3) is 0 Å². The number of nitrogens with zero attached hydrogens (tertiary/aromatic N) is 2. The number of aliphatic hydroxyl groups excluding tert-OH is 1. The molecule has 0 aromatic heterocycles. The third kappa shape index (κ3) is 3.92. The highest BCUT2D eigenvalue weighted by Gasteiger charge is 2.34. The molecule has 2 rings (SSSR count). The molecule has 0 spiro atoms. The smallest absolute Gasteiger partial charge is 0.232 e. The first-order valence-corrected chi connectivity index (χ1v) is 8.30. The molecule has 1 saturated carbocycles. The summed E-state index contributed by atoms with van der Waals surface area (Å²) in [6, 6.07) is 9.35. The van der Waals surface area contributed by atoms with Gasteiger partial charge in [-0.05, 0) is 44.4 Å². The molecule has 0 radical (unpaired) electrons. The van der Waals surface area contributed by atoms with Crippen LogP contribution in [0.4, 0.5) is 0 Å². The maximum atomic E-state index is 12.9. The molecule has 0 bridgehead atoms. The summed E-state index contributed by atoms with van der Waals surface area (Å²) >= 11 is 0. The summed E-state index contributed by atoms with van der Waals surface area (Å²) in [6.45, 7) is 4.36. The van der Waals surface area contributed by atoms with Crippen molar-refractivity contribution >= 4 is 5.91 Å². The second-order valence-corrected chi connectivity index (χ2v) is 7.12. The van der Waals surface area contributed by atoms with Gasteiger partial charge in [-0.3, -0.25) is 4.79 Å². The number of carbonyl (C=O) groups is 1. The molecule has 1 aliphatic carbocycles. The van der Waals surface area contributed by atoms with E-state index in [2.05, 4.69) is 6.07 Å². The topological polar surface area (TPSA) is 64.3 Å². The number of rotatable bonds is 4. The number of hydrogen-bond acceptors (Lipinski definition) is 3. The van der Waals surface area contributed by atoms with Crippen molar-refractivity contribution in [1.29, 1.82) is 5.26 Å². The molecule has 1 aromatic rings. The second-order valence-electron chi connectivity index (χ2n) is 7.12. The number of carbonyl (C=O) groups excluding carboxylic acids is 1. The van der Waals surface area contributed by atoms with E-state index in [9.17, 15) is 9.90 Å². The highest BCUT2D eigenvalue weighted by atomic mass is 16.3. The minimum Gasteiger partial charge on any atom is -0.393 e. The molecule has 1 fully saturated rings. The van der Waals surface area contributed by atoms with Gasteiger partial charge in [-0.25, -0.2) is 0 Å². The van der Waals surface area contributed by atoms with E-state index in [0.717, 1.165) is 31.2 Å². The predicted octanol–water partition coefficient (Wildman–Crippen LogP) is 2.85. The minimum absolute atomic E-state index is 0.0189. The first kappa shape index (κ1) is 17.5. The van der Waals surface area contributed by atoms with Crippen LogP contribution in [0, 0.1) is 17.2 Å². The summed E-state index contributed by atoms with van der Waals surface area (Å²) in [5, 5.41) is 19.2. The van der Waals surface area contributed by atoms with Gasteiger partial charge in [-0.1, -0.05) is 25.0 Å². The van der Waals surface area contributed by atoms with E-state index in [4.69, 9.17) is 5.26 Å². The Kier molecular flexibility index (Phi) is 5.43. The summed E-state index contributed by atoms with van der Waals surface area (Å²) < 4.78 is 0. The molecule has 124 valence electrons. The molecule has 2 unspecified atom stereocenters. The lowest BCUT2D eigenvalue weighted by Crippen LogP contribution is -2.45. The molecule has 4 nitrogen and oxygen atoms in total. The van der Waals surface area contributed by atoms with Crippen LogP contribution in [0.1, 0.15) is 50.7 Å². The summed E-state index contributed by atoms with van der Waals surface area (Å²) in [7, 11) is 1.81. The number of aliphatic hydroxyl groups is 1. The fraction of sp³-hybridized carbons (Fsp3) is 0.579. The van der Waals surface area contributed by atoms with Crippen LogP contribution in [0.5, 0.6) is 0 Å². The maximum Gasteiger partial charge on any atom is 0.232 e. The lowest BCUT2D eigenvalue weighted by molar-refractivity contribution is -0.136. The average Bonchev–Trinajstić information content (AvgIpc) is 2.56. The van der Waals surface area contributed by atoms with Gasteiger partial charge in [0.1, 0.15) is 0 Å². The first-order chi connectivity index (χ1) is 10.9. The molecule has 1 amide bonds. The van der Waals surface area contributed by atoms with Crippen molar-refractivity contribution in [2.24, 2.45) is 5.92 Å². The van der Waals surface area contributed by atoms with Crippen LogP contribution in [0.3, 0.4) is 0 Å². The lowest BCUT2D eigenvalue weighted by Gasteiger charge is -2.35. The molecule has 2 atom stereocenters. The summed E-state index contributed by atoms with van der Waals surface area (Å²) in [6.07, 6.45) is 3.70. The van der Waals surface area contributed by atoms with Crippen LogP contribution in [0.15, 0.2) is 24.3 Å². The molecule has 1 N–H and O–H groups in total. The predicted molar refractivity (Wildman–Crippen MR) is 89.8 cm³/mol. The summed E-state index contributed by atoms with van der Waals surface area (Å²) in [5.41, 5.74) is 0.715. The monoisotopic (exact) mass is 314 g/mol.